The lowest BCUT2D eigenvalue weighted by Gasteiger charge is -2.12. The molecule has 2 aromatic rings. The van der Waals surface area contributed by atoms with Gasteiger partial charge in [0.15, 0.2) is 0 Å². The highest BCUT2D eigenvalue weighted by molar-refractivity contribution is 6.31. The lowest BCUT2D eigenvalue weighted by molar-refractivity contribution is -0.137. The van der Waals surface area contributed by atoms with Crippen LogP contribution < -0.4 is 5.32 Å². The molecule has 19 heavy (non-hydrogen) atoms. The Hall–Kier alpha value is -1.75. The Bertz CT molecular complexity index is 556. The molecule has 6 heteroatoms. The number of rotatable bonds is 3. The maximum Gasteiger partial charge on any atom is 0.417 e. The Morgan fingerprint density at radius 2 is 2.00 bits per heavy atom. The van der Waals surface area contributed by atoms with Crippen LogP contribution in [0.2, 0.25) is 5.02 Å². The van der Waals surface area contributed by atoms with E-state index in [0.717, 1.165) is 11.6 Å². The standard InChI is InChI=1S/C13H10ClF3N2/c14-12-4-3-10(6-11(12)13(15,16)17)19-8-9-2-1-5-18-7-9/h1-7,19H,8H2. The zero-order valence-corrected chi connectivity index (χ0v) is 10.5. The average molecular weight is 287 g/mol. The summed E-state index contributed by atoms with van der Waals surface area (Å²) in [5.74, 6) is 0. The number of nitrogens with one attached hydrogen (secondary N) is 1. The van der Waals surface area contributed by atoms with Crippen molar-refractivity contribution in [1.82, 2.24) is 4.98 Å². The number of pyridine rings is 1. The van der Waals surface area contributed by atoms with Gasteiger partial charge in [0.05, 0.1) is 10.6 Å². The Labute approximate surface area is 113 Å². The summed E-state index contributed by atoms with van der Waals surface area (Å²) in [6, 6.07) is 7.34. The SMILES string of the molecule is FC(F)(F)c1cc(NCc2cccnc2)ccc1Cl. The third-order valence-electron chi connectivity index (χ3n) is 2.49. The molecule has 100 valence electrons. The van der Waals surface area contributed by atoms with Crippen molar-refractivity contribution in [2.24, 2.45) is 0 Å². The summed E-state index contributed by atoms with van der Waals surface area (Å²) in [7, 11) is 0. The molecule has 0 aliphatic heterocycles. The van der Waals surface area contributed by atoms with E-state index < -0.39 is 11.7 Å². The monoisotopic (exact) mass is 286 g/mol. The van der Waals surface area contributed by atoms with Gasteiger partial charge in [-0.1, -0.05) is 17.7 Å². The Balaban J connectivity index is 2.14. The molecule has 0 amide bonds. The molecule has 0 saturated heterocycles. The first-order valence-electron chi connectivity index (χ1n) is 5.46. The van der Waals surface area contributed by atoms with Crippen molar-refractivity contribution in [3.8, 4) is 0 Å². The van der Waals surface area contributed by atoms with Crippen LogP contribution in [0.15, 0.2) is 42.7 Å². The predicted molar refractivity (Wildman–Crippen MR) is 68.0 cm³/mol. The first kappa shape index (κ1) is 13.7. The van der Waals surface area contributed by atoms with Gasteiger partial charge in [0.1, 0.15) is 0 Å². The van der Waals surface area contributed by atoms with E-state index >= 15 is 0 Å². The minimum atomic E-state index is -4.46. The molecule has 1 heterocycles. The average Bonchev–Trinajstić information content (AvgIpc) is 2.37. The van der Waals surface area contributed by atoms with E-state index in [1.165, 1.54) is 12.1 Å². The quantitative estimate of drug-likeness (QED) is 0.906. The number of nitrogens with zero attached hydrogens (tertiary/aromatic N) is 1. The maximum atomic E-state index is 12.7. The molecule has 2 nitrogen and oxygen atoms in total. The first-order chi connectivity index (χ1) is 8.97. The van der Waals surface area contributed by atoms with Gasteiger partial charge in [-0.15, -0.1) is 0 Å². The van der Waals surface area contributed by atoms with Crippen molar-refractivity contribution in [3.05, 3.63) is 58.9 Å². The molecule has 0 unspecified atom stereocenters. The third kappa shape index (κ3) is 3.61. The summed E-state index contributed by atoms with van der Waals surface area (Å²) in [4.78, 5) is 3.93. The molecular weight excluding hydrogens is 277 g/mol. The van der Waals surface area contributed by atoms with Crippen molar-refractivity contribution in [3.63, 3.8) is 0 Å². The highest BCUT2D eigenvalue weighted by Crippen LogP contribution is 2.36. The van der Waals surface area contributed by atoms with Gasteiger partial charge in [-0.05, 0) is 29.8 Å². The molecule has 1 aromatic heterocycles. The summed E-state index contributed by atoms with van der Waals surface area (Å²) < 4.78 is 38.0. The fraction of sp³-hybridized carbons (Fsp3) is 0.154. The van der Waals surface area contributed by atoms with Crippen LogP contribution in [0, 0.1) is 0 Å². The summed E-state index contributed by atoms with van der Waals surface area (Å²) in [6.45, 7) is 0.396. The number of anilines is 1. The number of hydrogen-bond donors (Lipinski definition) is 1. The predicted octanol–water partition coefficient (Wildman–Crippen LogP) is 4.37. The second-order valence-electron chi connectivity index (χ2n) is 3.91. The summed E-state index contributed by atoms with van der Waals surface area (Å²) in [6.07, 6.45) is -1.18. The lowest BCUT2D eigenvalue weighted by Crippen LogP contribution is -2.07. The molecule has 0 aliphatic rings. The molecule has 0 spiro atoms. The van der Waals surface area contributed by atoms with Gasteiger partial charge >= 0.3 is 6.18 Å². The highest BCUT2D eigenvalue weighted by Gasteiger charge is 2.33. The van der Waals surface area contributed by atoms with Gasteiger partial charge in [0.25, 0.3) is 0 Å². The van der Waals surface area contributed by atoms with Gasteiger partial charge in [0.2, 0.25) is 0 Å². The van der Waals surface area contributed by atoms with Crippen LogP contribution in [0.4, 0.5) is 18.9 Å². The highest BCUT2D eigenvalue weighted by atomic mass is 35.5. The zero-order chi connectivity index (χ0) is 13.9. The van der Waals surface area contributed by atoms with E-state index in [9.17, 15) is 13.2 Å². The van der Waals surface area contributed by atoms with Gasteiger partial charge in [-0.25, -0.2) is 0 Å². The van der Waals surface area contributed by atoms with Crippen molar-refractivity contribution >= 4 is 17.3 Å². The Morgan fingerprint density at radius 1 is 1.21 bits per heavy atom. The number of hydrogen-bond acceptors (Lipinski definition) is 2. The van der Waals surface area contributed by atoms with Gasteiger partial charge in [-0.2, -0.15) is 13.2 Å². The second kappa shape index (κ2) is 5.48. The maximum absolute atomic E-state index is 12.7. The van der Waals surface area contributed by atoms with Gasteiger partial charge in [0, 0.05) is 24.6 Å². The molecule has 1 N–H and O–H groups in total. The van der Waals surface area contributed by atoms with Crippen LogP contribution in [0.5, 0.6) is 0 Å². The molecule has 0 radical (unpaired) electrons. The molecule has 1 aromatic carbocycles. The van der Waals surface area contributed by atoms with Crippen LogP contribution >= 0.6 is 11.6 Å². The van der Waals surface area contributed by atoms with E-state index in [1.54, 1.807) is 18.5 Å². The zero-order valence-electron chi connectivity index (χ0n) is 9.71. The fourth-order valence-corrected chi connectivity index (χ4v) is 1.78. The van der Waals surface area contributed by atoms with Crippen molar-refractivity contribution in [2.75, 3.05) is 5.32 Å². The smallest absolute Gasteiger partial charge is 0.381 e. The van der Waals surface area contributed by atoms with E-state index in [0.29, 0.717) is 12.2 Å². The van der Waals surface area contributed by atoms with Crippen LogP contribution in [0.3, 0.4) is 0 Å². The number of aromatic nitrogens is 1. The van der Waals surface area contributed by atoms with E-state index in [1.807, 2.05) is 6.07 Å². The lowest BCUT2D eigenvalue weighted by atomic mass is 10.2. The van der Waals surface area contributed by atoms with E-state index in [-0.39, 0.29) is 5.02 Å². The Morgan fingerprint density at radius 3 is 2.63 bits per heavy atom. The van der Waals surface area contributed by atoms with E-state index in [4.69, 9.17) is 11.6 Å². The van der Waals surface area contributed by atoms with E-state index in [2.05, 4.69) is 10.3 Å². The first-order valence-corrected chi connectivity index (χ1v) is 5.84. The summed E-state index contributed by atoms with van der Waals surface area (Å²) in [5, 5.41) is 2.60. The van der Waals surface area contributed by atoms with Gasteiger partial charge < -0.3 is 5.32 Å². The summed E-state index contributed by atoms with van der Waals surface area (Å²) >= 11 is 5.54. The molecule has 0 saturated carbocycles. The molecule has 0 aliphatic carbocycles. The third-order valence-corrected chi connectivity index (χ3v) is 2.82. The van der Waals surface area contributed by atoms with Crippen LogP contribution in [0.25, 0.3) is 0 Å². The van der Waals surface area contributed by atoms with Crippen molar-refractivity contribution in [2.45, 2.75) is 12.7 Å². The molecule has 2 rings (SSSR count). The minimum Gasteiger partial charge on any atom is -0.381 e. The van der Waals surface area contributed by atoms with Crippen LogP contribution in [-0.4, -0.2) is 4.98 Å². The van der Waals surface area contributed by atoms with Crippen molar-refractivity contribution in [1.29, 1.82) is 0 Å². The van der Waals surface area contributed by atoms with Crippen molar-refractivity contribution < 1.29 is 13.2 Å². The minimum absolute atomic E-state index is 0.306. The molecule has 0 atom stereocenters. The summed E-state index contributed by atoms with van der Waals surface area (Å²) in [5.41, 5.74) is 0.400. The Kier molecular flexibility index (Phi) is 3.95. The molecule has 0 fully saturated rings. The fourth-order valence-electron chi connectivity index (χ4n) is 1.56. The van der Waals surface area contributed by atoms with Gasteiger partial charge in [-0.3, -0.25) is 4.98 Å². The molecular formula is C13H10ClF3N2. The number of halogens is 4. The molecule has 0 bridgehead atoms. The second-order valence-corrected chi connectivity index (χ2v) is 4.31. The topological polar surface area (TPSA) is 24.9 Å². The number of alkyl halides is 3. The van der Waals surface area contributed by atoms with Crippen LogP contribution in [0.1, 0.15) is 11.1 Å². The number of benzene rings is 1. The van der Waals surface area contributed by atoms with Crippen LogP contribution in [-0.2, 0) is 12.7 Å². The largest absolute Gasteiger partial charge is 0.417 e. The normalized spacial score (nSPS) is 11.4.